The van der Waals surface area contributed by atoms with E-state index in [0.29, 0.717) is 17.4 Å². The number of furan rings is 1. The molecule has 0 fully saturated rings. The number of rotatable bonds is 11. The molecule has 0 aliphatic carbocycles. The van der Waals surface area contributed by atoms with Gasteiger partial charge >= 0.3 is 0 Å². The number of anilines is 1. The Bertz CT molecular complexity index is 1310. The number of methoxy groups -OCH3 is 3. The van der Waals surface area contributed by atoms with E-state index < -0.39 is 11.8 Å². The summed E-state index contributed by atoms with van der Waals surface area (Å²) in [6, 6.07) is 18.0. The van der Waals surface area contributed by atoms with E-state index >= 15 is 0 Å². The van der Waals surface area contributed by atoms with Gasteiger partial charge in [0.1, 0.15) is 18.0 Å². The molecule has 10 heteroatoms. The first-order chi connectivity index (χ1) is 18.0. The van der Waals surface area contributed by atoms with Crippen molar-refractivity contribution in [1.82, 2.24) is 14.5 Å². The summed E-state index contributed by atoms with van der Waals surface area (Å²) in [6.45, 7) is 0.269. The highest BCUT2D eigenvalue weighted by Gasteiger charge is 2.22. The Morgan fingerprint density at radius 3 is 2.24 bits per heavy atom. The Morgan fingerprint density at radius 1 is 0.973 bits per heavy atom. The summed E-state index contributed by atoms with van der Waals surface area (Å²) >= 11 is 0. The van der Waals surface area contributed by atoms with Gasteiger partial charge in [-0.1, -0.05) is 0 Å². The molecule has 2 aromatic heterocycles. The normalized spacial score (nSPS) is 10.7. The van der Waals surface area contributed by atoms with Gasteiger partial charge in [0.25, 0.3) is 5.91 Å². The van der Waals surface area contributed by atoms with Crippen LogP contribution in [0.3, 0.4) is 0 Å². The number of hydrogen-bond donors (Lipinski definition) is 1. The van der Waals surface area contributed by atoms with Gasteiger partial charge in [0.05, 0.1) is 32.8 Å². The molecule has 2 amide bonds. The zero-order valence-electron chi connectivity index (χ0n) is 20.8. The minimum absolute atomic E-state index is 0.144. The topological polar surface area (TPSA) is 108 Å². The number of benzene rings is 2. The van der Waals surface area contributed by atoms with Crippen molar-refractivity contribution >= 4 is 17.8 Å². The molecule has 0 radical (unpaired) electrons. The lowest BCUT2D eigenvalue weighted by atomic mass is 10.1. The molecule has 0 aliphatic heterocycles. The number of hydrogen-bond acceptors (Lipinski definition) is 7. The first-order valence-corrected chi connectivity index (χ1v) is 11.5. The standard InChI is InChI=1S/C27H28N4O6/c1-34-16-14-30(26(33)24-5-4-15-37-24)18-25(32)29-27-28-23(19-6-10-21(35-2)11-7-19)17-31(27)20-8-12-22(36-3)13-9-20/h4-13,15,17H,14,16,18H2,1-3H3,(H,28,29,32). The second-order valence-electron chi connectivity index (χ2n) is 7.99. The first-order valence-electron chi connectivity index (χ1n) is 11.5. The molecule has 10 nitrogen and oxygen atoms in total. The van der Waals surface area contributed by atoms with E-state index in [4.69, 9.17) is 18.6 Å². The molecule has 37 heavy (non-hydrogen) atoms. The molecule has 0 unspecified atom stereocenters. The van der Waals surface area contributed by atoms with Crippen molar-refractivity contribution in [2.45, 2.75) is 0 Å². The van der Waals surface area contributed by atoms with Crippen molar-refractivity contribution in [1.29, 1.82) is 0 Å². The quantitative estimate of drug-likeness (QED) is 0.330. The number of nitrogens with one attached hydrogen (secondary N) is 1. The van der Waals surface area contributed by atoms with Gasteiger partial charge in [-0.15, -0.1) is 0 Å². The van der Waals surface area contributed by atoms with Crippen LogP contribution in [0, 0.1) is 0 Å². The van der Waals surface area contributed by atoms with E-state index in [2.05, 4.69) is 10.3 Å². The summed E-state index contributed by atoms with van der Waals surface area (Å²) in [4.78, 5) is 32.0. The molecule has 0 spiro atoms. The van der Waals surface area contributed by atoms with Crippen LogP contribution < -0.4 is 14.8 Å². The lowest BCUT2D eigenvalue weighted by molar-refractivity contribution is -0.117. The predicted octanol–water partition coefficient (Wildman–Crippen LogP) is 3.88. The maximum atomic E-state index is 13.1. The number of imidazole rings is 1. The van der Waals surface area contributed by atoms with Crippen molar-refractivity contribution in [3.8, 4) is 28.4 Å². The van der Waals surface area contributed by atoms with Crippen molar-refractivity contribution in [3.05, 3.63) is 78.9 Å². The monoisotopic (exact) mass is 504 g/mol. The summed E-state index contributed by atoms with van der Waals surface area (Å²) < 4.78 is 22.6. The molecule has 4 aromatic rings. The van der Waals surface area contributed by atoms with Gasteiger partial charge in [0.2, 0.25) is 11.9 Å². The highest BCUT2D eigenvalue weighted by atomic mass is 16.5. The largest absolute Gasteiger partial charge is 0.497 e. The van der Waals surface area contributed by atoms with E-state index in [1.165, 1.54) is 18.3 Å². The maximum Gasteiger partial charge on any atom is 0.290 e. The van der Waals surface area contributed by atoms with Gasteiger partial charge < -0.3 is 23.5 Å². The summed E-state index contributed by atoms with van der Waals surface area (Å²) in [5.74, 6) is 1.05. The molecule has 0 saturated heterocycles. The molecule has 0 saturated carbocycles. The van der Waals surface area contributed by atoms with Gasteiger partial charge in [-0.25, -0.2) is 4.98 Å². The Balaban J connectivity index is 1.61. The molecule has 2 aromatic carbocycles. The fraction of sp³-hybridized carbons (Fsp3) is 0.222. The van der Waals surface area contributed by atoms with Crippen molar-refractivity contribution in [2.75, 3.05) is 46.3 Å². The molecule has 0 aliphatic rings. The van der Waals surface area contributed by atoms with E-state index in [0.717, 1.165) is 17.0 Å². The van der Waals surface area contributed by atoms with Crippen LogP contribution in [0.25, 0.3) is 16.9 Å². The number of carbonyl (C=O) groups excluding carboxylic acids is 2. The second-order valence-corrected chi connectivity index (χ2v) is 7.99. The lowest BCUT2D eigenvalue weighted by Gasteiger charge is -2.20. The molecule has 2 heterocycles. The predicted molar refractivity (Wildman–Crippen MR) is 137 cm³/mol. The maximum absolute atomic E-state index is 13.1. The Hall–Kier alpha value is -4.57. The number of aromatic nitrogens is 2. The van der Waals surface area contributed by atoms with Crippen LogP contribution >= 0.6 is 0 Å². The highest BCUT2D eigenvalue weighted by molar-refractivity contribution is 5.97. The van der Waals surface area contributed by atoms with E-state index in [1.54, 1.807) is 30.9 Å². The van der Waals surface area contributed by atoms with Gasteiger partial charge in [-0.2, -0.15) is 0 Å². The number of nitrogens with zero attached hydrogens (tertiary/aromatic N) is 3. The molecular formula is C27H28N4O6. The fourth-order valence-corrected chi connectivity index (χ4v) is 3.66. The Kier molecular flexibility index (Phi) is 8.22. The minimum atomic E-state index is -0.419. The van der Waals surface area contributed by atoms with Crippen LogP contribution in [0.2, 0.25) is 0 Å². The van der Waals surface area contributed by atoms with Crippen LogP contribution in [0.4, 0.5) is 5.95 Å². The lowest BCUT2D eigenvalue weighted by Crippen LogP contribution is -2.40. The van der Waals surface area contributed by atoms with Crippen molar-refractivity contribution < 1.29 is 28.2 Å². The van der Waals surface area contributed by atoms with E-state index in [1.807, 2.05) is 54.7 Å². The van der Waals surface area contributed by atoms with Gasteiger partial charge in [-0.05, 0) is 60.7 Å². The van der Waals surface area contributed by atoms with Gasteiger partial charge in [-0.3, -0.25) is 19.5 Å². The van der Waals surface area contributed by atoms with E-state index in [9.17, 15) is 9.59 Å². The summed E-state index contributed by atoms with van der Waals surface area (Å²) in [7, 11) is 4.73. The zero-order valence-corrected chi connectivity index (χ0v) is 20.8. The summed E-state index contributed by atoms with van der Waals surface area (Å²) in [5, 5.41) is 2.85. The SMILES string of the molecule is COCCN(CC(=O)Nc1nc(-c2ccc(OC)cc2)cn1-c1ccc(OC)cc1)C(=O)c1ccco1. The average molecular weight is 505 g/mol. The zero-order chi connectivity index (χ0) is 26.2. The fourth-order valence-electron chi connectivity index (χ4n) is 3.66. The Morgan fingerprint density at radius 2 is 1.65 bits per heavy atom. The second kappa shape index (κ2) is 11.9. The third kappa shape index (κ3) is 6.17. The third-order valence-electron chi connectivity index (χ3n) is 5.61. The van der Waals surface area contributed by atoms with Gasteiger partial charge in [0, 0.05) is 31.1 Å². The molecule has 1 N–H and O–H groups in total. The highest BCUT2D eigenvalue weighted by Crippen LogP contribution is 2.27. The van der Waals surface area contributed by atoms with Crippen molar-refractivity contribution in [3.63, 3.8) is 0 Å². The van der Waals surface area contributed by atoms with Crippen LogP contribution in [-0.2, 0) is 9.53 Å². The molecule has 0 atom stereocenters. The first kappa shape index (κ1) is 25.5. The van der Waals surface area contributed by atoms with Crippen LogP contribution in [0.1, 0.15) is 10.6 Å². The van der Waals surface area contributed by atoms with Crippen LogP contribution in [0.15, 0.2) is 77.5 Å². The minimum Gasteiger partial charge on any atom is -0.497 e. The Labute approximate surface area is 214 Å². The van der Waals surface area contributed by atoms with Crippen LogP contribution in [-0.4, -0.2) is 67.3 Å². The average Bonchev–Trinajstić information content (AvgIpc) is 3.61. The summed E-state index contributed by atoms with van der Waals surface area (Å²) in [6.07, 6.45) is 3.24. The molecule has 4 rings (SSSR count). The number of carbonyl (C=O) groups is 2. The van der Waals surface area contributed by atoms with Gasteiger partial charge in [0.15, 0.2) is 5.76 Å². The molecule has 192 valence electrons. The molecular weight excluding hydrogens is 476 g/mol. The third-order valence-corrected chi connectivity index (χ3v) is 5.61. The smallest absolute Gasteiger partial charge is 0.290 e. The van der Waals surface area contributed by atoms with E-state index in [-0.39, 0.29) is 25.5 Å². The number of ether oxygens (including phenoxy) is 3. The van der Waals surface area contributed by atoms with Crippen molar-refractivity contribution in [2.24, 2.45) is 0 Å². The number of amides is 2. The van der Waals surface area contributed by atoms with Crippen LogP contribution in [0.5, 0.6) is 11.5 Å². The molecule has 0 bridgehead atoms. The summed E-state index contributed by atoms with van der Waals surface area (Å²) in [5.41, 5.74) is 2.27.